The van der Waals surface area contributed by atoms with Gasteiger partial charge in [-0.15, -0.1) is 0 Å². The molecular formula is C32H30F7N5O5. The molecule has 1 aliphatic heterocycles. The quantitative estimate of drug-likeness (QED) is 0.238. The minimum Gasteiger partial charge on any atom is -0.478 e. The molecule has 1 saturated heterocycles. The molecular weight excluding hydrogens is 667 g/mol. The lowest BCUT2D eigenvalue weighted by Crippen LogP contribution is -2.51. The second-order valence-corrected chi connectivity index (χ2v) is 11.5. The summed E-state index contributed by atoms with van der Waals surface area (Å²) >= 11 is 0. The number of anilines is 1. The van der Waals surface area contributed by atoms with E-state index in [1.165, 1.54) is 37.3 Å². The first-order chi connectivity index (χ1) is 23.0. The molecule has 5 rings (SSSR count). The molecule has 0 saturated carbocycles. The Bertz CT molecular complexity index is 1970. The molecule has 1 atom stereocenters. The Labute approximate surface area is 273 Å². The first-order valence-corrected chi connectivity index (χ1v) is 14.9. The van der Waals surface area contributed by atoms with Gasteiger partial charge in [0.25, 0.3) is 5.56 Å². The first kappa shape index (κ1) is 35.4. The van der Waals surface area contributed by atoms with Crippen LogP contribution in [0.1, 0.15) is 50.3 Å². The van der Waals surface area contributed by atoms with Crippen LogP contribution in [0.2, 0.25) is 0 Å². The summed E-state index contributed by atoms with van der Waals surface area (Å²) in [7, 11) is 0. The lowest BCUT2D eigenvalue weighted by atomic mass is 10.0. The summed E-state index contributed by atoms with van der Waals surface area (Å²) in [4.78, 5) is 42.7. The third-order valence-corrected chi connectivity index (χ3v) is 8.35. The maximum atomic E-state index is 15.0. The summed E-state index contributed by atoms with van der Waals surface area (Å²) in [6.07, 6.45) is -9.61. The van der Waals surface area contributed by atoms with Gasteiger partial charge in [-0.05, 0) is 48.9 Å². The summed E-state index contributed by atoms with van der Waals surface area (Å²) in [5.41, 5.74) is 2.34. The number of carboxylic acids is 1. The van der Waals surface area contributed by atoms with Crippen molar-refractivity contribution in [1.29, 1.82) is 0 Å². The third kappa shape index (κ3) is 7.57. The molecule has 17 heteroatoms. The smallest absolute Gasteiger partial charge is 0.449 e. The van der Waals surface area contributed by atoms with E-state index < -0.39 is 71.4 Å². The van der Waals surface area contributed by atoms with Crippen LogP contribution in [0.4, 0.5) is 36.4 Å². The molecule has 2 aromatic carbocycles. The Morgan fingerprint density at radius 1 is 0.918 bits per heavy atom. The normalized spacial score (nSPS) is 15.1. The molecule has 0 unspecified atom stereocenters. The number of alkyl halides is 6. The van der Waals surface area contributed by atoms with E-state index in [1.54, 1.807) is 9.80 Å². The van der Waals surface area contributed by atoms with Gasteiger partial charge in [0, 0.05) is 43.5 Å². The van der Waals surface area contributed by atoms with Gasteiger partial charge in [0.05, 0.1) is 30.8 Å². The molecule has 1 aliphatic rings. The lowest BCUT2D eigenvalue weighted by Gasteiger charge is -2.36. The molecule has 3 heterocycles. The van der Waals surface area contributed by atoms with Crippen LogP contribution < -0.4 is 21.9 Å². The number of benzene rings is 2. The fourth-order valence-electron chi connectivity index (χ4n) is 5.81. The van der Waals surface area contributed by atoms with Gasteiger partial charge in [0.1, 0.15) is 17.3 Å². The number of nitrogens with zero attached hydrogens (tertiary/aromatic N) is 4. The molecule has 0 radical (unpaired) electrons. The molecule has 2 aromatic heterocycles. The fraction of sp³-hybridized carbons (Fsp3) is 0.344. The fourth-order valence-corrected chi connectivity index (χ4v) is 5.81. The van der Waals surface area contributed by atoms with Gasteiger partial charge in [-0.1, -0.05) is 18.2 Å². The number of aromatic nitrogens is 2. The predicted octanol–water partition coefficient (Wildman–Crippen LogP) is 4.86. The van der Waals surface area contributed by atoms with Crippen LogP contribution in [0.3, 0.4) is 0 Å². The zero-order valence-corrected chi connectivity index (χ0v) is 25.8. The van der Waals surface area contributed by atoms with E-state index in [1.807, 2.05) is 0 Å². The standard InChI is InChI=1S/C32H30F7N5O5/c1-18-27(42-12-10-41(11-13-42)15-21-8-9-26(49-21)32(37,38)39)28(45)44(17-25(40)19-4-2-5-20(14-19)29(46)47)30(48)43(18)16-22-23(31(34,35)36)6-3-7-24(22)33/h2-9,14,25H,10-13,15-17,40H2,1H3,(H,46,47)/t25-/m0/s1. The van der Waals surface area contributed by atoms with E-state index in [2.05, 4.69) is 0 Å². The summed E-state index contributed by atoms with van der Waals surface area (Å²) in [6, 6.07) is 8.79. The number of halogens is 7. The number of carbonyl (C=O) groups is 1. The van der Waals surface area contributed by atoms with Crippen molar-refractivity contribution < 1.29 is 45.1 Å². The Morgan fingerprint density at radius 2 is 1.59 bits per heavy atom. The van der Waals surface area contributed by atoms with Gasteiger partial charge in [-0.2, -0.15) is 26.3 Å². The molecule has 0 aliphatic carbocycles. The number of nitrogens with two attached hydrogens (primary N) is 1. The molecule has 0 bridgehead atoms. The molecule has 4 aromatic rings. The zero-order valence-electron chi connectivity index (χ0n) is 25.8. The molecule has 262 valence electrons. The second kappa shape index (κ2) is 13.5. The van der Waals surface area contributed by atoms with Crippen LogP contribution in [-0.4, -0.2) is 51.3 Å². The third-order valence-electron chi connectivity index (χ3n) is 8.35. The van der Waals surface area contributed by atoms with Crippen molar-refractivity contribution in [3.8, 4) is 0 Å². The average molecular weight is 698 g/mol. The Hall–Kier alpha value is -4.90. The lowest BCUT2D eigenvalue weighted by molar-refractivity contribution is -0.153. The van der Waals surface area contributed by atoms with Crippen molar-refractivity contribution in [2.75, 3.05) is 31.1 Å². The van der Waals surface area contributed by atoms with Crippen LogP contribution in [0.25, 0.3) is 0 Å². The van der Waals surface area contributed by atoms with E-state index in [0.29, 0.717) is 6.07 Å². The minimum atomic E-state index is -4.96. The highest BCUT2D eigenvalue weighted by atomic mass is 19.4. The van der Waals surface area contributed by atoms with Crippen LogP contribution >= 0.6 is 0 Å². The van der Waals surface area contributed by atoms with Gasteiger partial charge < -0.3 is 20.2 Å². The number of aromatic carboxylic acids is 1. The first-order valence-electron chi connectivity index (χ1n) is 14.9. The van der Waals surface area contributed by atoms with E-state index in [0.717, 1.165) is 27.3 Å². The highest BCUT2D eigenvalue weighted by Crippen LogP contribution is 2.34. The van der Waals surface area contributed by atoms with Crippen molar-refractivity contribution in [2.45, 2.75) is 45.0 Å². The monoisotopic (exact) mass is 697 g/mol. The maximum absolute atomic E-state index is 15.0. The number of carboxylic acid groups (broad SMARTS) is 1. The summed E-state index contributed by atoms with van der Waals surface area (Å²) in [5.74, 6) is -3.54. The molecule has 1 fully saturated rings. The van der Waals surface area contributed by atoms with Crippen molar-refractivity contribution in [2.24, 2.45) is 5.73 Å². The van der Waals surface area contributed by atoms with Crippen molar-refractivity contribution in [1.82, 2.24) is 14.0 Å². The minimum absolute atomic E-state index is 0.0321. The summed E-state index contributed by atoms with van der Waals surface area (Å²) in [5, 5.41) is 9.37. The molecule has 10 nitrogen and oxygen atoms in total. The van der Waals surface area contributed by atoms with Gasteiger partial charge >= 0.3 is 24.0 Å². The largest absolute Gasteiger partial charge is 0.478 e. The number of furan rings is 1. The SMILES string of the molecule is Cc1c(N2CCN(Cc3ccc(C(F)(F)F)o3)CC2)c(=O)n(C[C@H](N)c2cccc(C(=O)O)c2)c(=O)n1Cc1c(F)cccc1C(F)(F)F. The van der Waals surface area contributed by atoms with Crippen LogP contribution in [0.5, 0.6) is 0 Å². The van der Waals surface area contributed by atoms with Gasteiger partial charge in [-0.3, -0.25) is 18.8 Å². The molecule has 0 spiro atoms. The van der Waals surface area contributed by atoms with E-state index >= 15 is 0 Å². The van der Waals surface area contributed by atoms with Crippen LogP contribution in [-0.2, 0) is 32.0 Å². The van der Waals surface area contributed by atoms with Crippen molar-refractivity contribution >= 4 is 11.7 Å². The Morgan fingerprint density at radius 3 is 2.20 bits per heavy atom. The van der Waals surface area contributed by atoms with E-state index in [4.69, 9.17) is 10.2 Å². The van der Waals surface area contributed by atoms with Gasteiger partial charge in [-0.25, -0.2) is 14.0 Å². The molecule has 49 heavy (non-hydrogen) atoms. The molecule has 3 N–H and O–H groups in total. The zero-order chi connectivity index (χ0) is 35.8. The second-order valence-electron chi connectivity index (χ2n) is 11.5. The topological polar surface area (TPSA) is 127 Å². The highest BCUT2D eigenvalue weighted by Gasteiger charge is 2.36. The number of hydrogen-bond acceptors (Lipinski definition) is 7. The number of piperazine rings is 1. The highest BCUT2D eigenvalue weighted by molar-refractivity contribution is 5.87. The van der Waals surface area contributed by atoms with E-state index in [-0.39, 0.29) is 61.0 Å². The molecule has 0 amide bonds. The average Bonchev–Trinajstić information content (AvgIpc) is 3.51. The van der Waals surface area contributed by atoms with Crippen molar-refractivity contribution in [3.05, 3.63) is 121 Å². The van der Waals surface area contributed by atoms with E-state index in [9.17, 15) is 50.2 Å². The number of rotatable bonds is 9. The van der Waals surface area contributed by atoms with Gasteiger partial charge in [0.15, 0.2) is 0 Å². The predicted molar refractivity (Wildman–Crippen MR) is 162 cm³/mol. The number of hydrogen-bond donors (Lipinski definition) is 2. The summed E-state index contributed by atoms with van der Waals surface area (Å²) < 4.78 is 102. The maximum Gasteiger partial charge on any atom is 0.449 e. The van der Waals surface area contributed by atoms with Crippen LogP contribution in [0, 0.1) is 12.7 Å². The van der Waals surface area contributed by atoms with Crippen molar-refractivity contribution in [3.63, 3.8) is 0 Å². The van der Waals surface area contributed by atoms with Gasteiger partial charge in [0.2, 0.25) is 5.76 Å². The Balaban J connectivity index is 1.52. The van der Waals surface area contributed by atoms with Crippen LogP contribution in [0.15, 0.2) is 68.6 Å². The summed E-state index contributed by atoms with van der Waals surface area (Å²) in [6.45, 7) is 0.703. The Kier molecular flexibility index (Phi) is 9.79.